The summed E-state index contributed by atoms with van der Waals surface area (Å²) in [6.07, 6.45) is 3.11. The van der Waals surface area contributed by atoms with E-state index in [1.54, 1.807) is 13.1 Å². The molecule has 120 valence electrons. The molecule has 6 nitrogen and oxygen atoms in total. The fourth-order valence-electron chi connectivity index (χ4n) is 2.54. The molecule has 0 atom stereocenters. The molecule has 3 rings (SSSR count). The SMILES string of the molecule is Cc1nccnc1C(=O)NCc1ccc(N2CCOCC2)cc1. The van der Waals surface area contributed by atoms with Crippen LogP contribution >= 0.6 is 0 Å². The average molecular weight is 312 g/mol. The lowest BCUT2D eigenvalue weighted by Gasteiger charge is -2.28. The van der Waals surface area contributed by atoms with Crippen molar-refractivity contribution in [3.63, 3.8) is 0 Å². The van der Waals surface area contributed by atoms with Crippen LogP contribution in [0.2, 0.25) is 0 Å². The summed E-state index contributed by atoms with van der Waals surface area (Å²) in [7, 11) is 0. The van der Waals surface area contributed by atoms with E-state index in [1.165, 1.54) is 11.9 Å². The van der Waals surface area contributed by atoms with Crippen molar-refractivity contribution in [3.8, 4) is 0 Å². The summed E-state index contributed by atoms with van der Waals surface area (Å²) in [5.41, 5.74) is 3.25. The van der Waals surface area contributed by atoms with Crippen molar-refractivity contribution in [2.45, 2.75) is 13.5 Å². The predicted molar refractivity (Wildman–Crippen MR) is 87.4 cm³/mol. The Kier molecular flexibility index (Phi) is 4.83. The second-order valence-corrected chi connectivity index (χ2v) is 5.44. The quantitative estimate of drug-likeness (QED) is 0.928. The lowest BCUT2D eigenvalue weighted by atomic mass is 10.2. The van der Waals surface area contributed by atoms with Crippen LogP contribution in [0.1, 0.15) is 21.7 Å². The number of carbonyl (C=O) groups is 1. The third-order valence-corrected chi connectivity index (χ3v) is 3.86. The van der Waals surface area contributed by atoms with Gasteiger partial charge in [-0.05, 0) is 24.6 Å². The van der Waals surface area contributed by atoms with E-state index in [1.807, 2.05) is 12.1 Å². The Hall–Kier alpha value is -2.47. The molecule has 1 saturated heterocycles. The largest absolute Gasteiger partial charge is 0.378 e. The molecule has 1 N–H and O–H groups in total. The second-order valence-electron chi connectivity index (χ2n) is 5.44. The maximum Gasteiger partial charge on any atom is 0.272 e. The zero-order chi connectivity index (χ0) is 16.1. The average Bonchev–Trinajstić information content (AvgIpc) is 2.61. The van der Waals surface area contributed by atoms with E-state index in [-0.39, 0.29) is 5.91 Å². The normalized spacial score (nSPS) is 14.6. The van der Waals surface area contributed by atoms with E-state index in [9.17, 15) is 4.79 Å². The van der Waals surface area contributed by atoms with Crippen LogP contribution in [0.15, 0.2) is 36.7 Å². The summed E-state index contributed by atoms with van der Waals surface area (Å²) in [5.74, 6) is -0.201. The van der Waals surface area contributed by atoms with Gasteiger partial charge in [-0.2, -0.15) is 0 Å². The molecule has 1 aliphatic rings. The summed E-state index contributed by atoms with van der Waals surface area (Å²) in [4.78, 5) is 22.6. The number of aryl methyl sites for hydroxylation is 1. The Morgan fingerprint density at radius 2 is 1.87 bits per heavy atom. The molecule has 0 unspecified atom stereocenters. The minimum absolute atomic E-state index is 0.201. The number of anilines is 1. The van der Waals surface area contributed by atoms with E-state index in [2.05, 4.69) is 32.3 Å². The summed E-state index contributed by atoms with van der Waals surface area (Å²) < 4.78 is 5.36. The van der Waals surface area contributed by atoms with Crippen molar-refractivity contribution in [1.82, 2.24) is 15.3 Å². The maximum absolute atomic E-state index is 12.1. The molecule has 1 amide bonds. The Morgan fingerprint density at radius 3 is 2.57 bits per heavy atom. The predicted octanol–water partition coefficient (Wildman–Crippen LogP) is 1.55. The van der Waals surface area contributed by atoms with E-state index in [4.69, 9.17) is 4.74 Å². The summed E-state index contributed by atoms with van der Waals surface area (Å²) in [6.45, 7) is 5.63. The Bertz CT molecular complexity index is 667. The van der Waals surface area contributed by atoms with Gasteiger partial charge in [0, 0.05) is 37.7 Å². The van der Waals surface area contributed by atoms with Gasteiger partial charge in [-0.15, -0.1) is 0 Å². The fourth-order valence-corrected chi connectivity index (χ4v) is 2.54. The molecule has 6 heteroatoms. The third-order valence-electron chi connectivity index (χ3n) is 3.86. The van der Waals surface area contributed by atoms with Crippen LogP contribution in [0.25, 0.3) is 0 Å². The van der Waals surface area contributed by atoms with Crippen molar-refractivity contribution in [2.24, 2.45) is 0 Å². The van der Waals surface area contributed by atoms with Gasteiger partial charge in [-0.3, -0.25) is 9.78 Å². The van der Waals surface area contributed by atoms with Crippen LogP contribution in [0.3, 0.4) is 0 Å². The van der Waals surface area contributed by atoms with E-state index >= 15 is 0 Å². The van der Waals surface area contributed by atoms with E-state index in [0.717, 1.165) is 31.9 Å². The standard InChI is InChI=1S/C17H20N4O2/c1-13-16(19-7-6-18-13)17(22)20-12-14-2-4-15(5-3-14)21-8-10-23-11-9-21/h2-7H,8-12H2,1H3,(H,20,22). The van der Waals surface area contributed by atoms with Gasteiger partial charge in [-0.1, -0.05) is 12.1 Å². The third kappa shape index (κ3) is 3.84. The van der Waals surface area contributed by atoms with Crippen molar-refractivity contribution in [3.05, 3.63) is 53.6 Å². The first kappa shape index (κ1) is 15.4. The van der Waals surface area contributed by atoms with Gasteiger partial charge < -0.3 is 15.0 Å². The van der Waals surface area contributed by atoms with Gasteiger partial charge in [-0.25, -0.2) is 4.98 Å². The fraction of sp³-hybridized carbons (Fsp3) is 0.353. The number of hydrogen-bond acceptors (Lipinski definition) is 5. The molecule has 2 heterocycles. The summed E-state index contributed by atoms with van der Waals surface area (Å²) in [6, 6.07) is 8.24. The second kappa shape index (κ2) is 7.19. The van der Waals surface area contributed by atoms with Crippen LogP contribution in [-0.2, 0) is 11.3 Å². The molecular weight excluding hydrogens is 292 g/mol. The van der Waals surface area contributed by atoms with Gasteiger partial charge >= 0.3 is 0 Å². The lowest BCUT2D eigenvalue weighted by molar-refractivity contribution is 0.0944. The smallest absolute Gasteiger partial charge is 0.272 e. The number of morpholine rings is 1. The maximum atomic E-state index is 12.1. The first-order valence-electron chi connectivity index (χ1n) is 7.71. The first-order chi connectivity index (χ1) is 11.2. The van der Waals surface area contributed by atoms with Crippen LogP contribution < -0.4 is 10.2 Å². The number of amides is 1. The molecule has 1 aromatic heterocycles. The number of nitrogens with zero attached hydrogens (tertiary/aromatic N) is 3. The van der Waals surface area contributed by atoms with E-state index in [0.29, 0.717) is 17.9 Å². The topological polar surface area (TPSA) is 67.4 Å². The number of aromatic nitrogens is 2. The number of hydrogen-bond donors (Lipinski definition) is 1. The Labute approximate surface area is 135 Å². The molecule has 1 aliphatic heterocycles. The minimum atomic E-state index is -0.201. The van der Waals surface area contributed by atoms with Crippen LogP contribution in [0.4, 0.5) is 5.69 Å². The summed E-state index contributed by atoms with van der Waals surface area (Å²) in [5, 5.41) is 2.88. The zero-order valence-corrected chi connectivity index (χ0v) is 13.2. The molecule has 0 spiro atoms. The first-order valence-corrected chi connectivity index (χ1v) is 7.71. The van der Waals surface area contributed by atoms with Gasteiger partial charge in [0.15, 0.2) is 0 Å². The molecule has 0 saturated carbocycles. The number of ether oxygens (including phenoxy) is 1. The molecule has 23 heavy (non-hydrogen) atoms. The molecule has 0 aliphatic carbocycles. The van der Waals surface area contributed by atoms with Gasteiger partial charge in [0.05, 0.1) is 18.9 Å². The Morgan fingerprint density at radius 1 is 1.17 bits per heavy atom. The highest BCUT2D eigenvalue weighted by Crippen LogP contribution is 2.16. The highest BCUT2D eigenvalue weighted by atomic mass is 16.5. The Balaban J connectivity index is 1.58. The molecule has 0 bridgehead atoms. The highest BCUT2D eigenvalue weighted by molar-refractivity contribution is 5.93. The van der Waals surface area contributed by atoms with Crippen LogP contribution in [0, 0.1) is 6.92 Å². The molecule has 2 aromatic rings. The number of nitrogens with one attached hydrogen (secondary N) is 1. The van der Waals surface area contributed by atoms with Gasteiger partial charge in [0.2, 0.25) is 0 Å². The molecular formula is C17H20N4O2. The van der Waals surface area contributed by atoms with E-state index < -0.39 is 0 Å². The highest BCUT2D eigenvalue weighted by Gasteiger charge is 2.12. The van der Waals surface area contributed by atoms with Crippen molar-refractivity contribution < 1.29 is 9.53 Å². The van der Waals surface area contributed by atoms with Crippen molar-refractivity contribution in [2.75, 3.05) is 31.2 Å². The molecule has 1 fully saturated rings. The number of rotatable bonds is 4. The zero-order valence-electron chi connectivity index (χ0n) is 13.2. The lowest BCUT2D eigenvalue weighted by Crippen LogP contribution is -2.36. The van der Waals surface area contributed by atoms with Crippen LogP contribution in [-0.4, -0.2) is 42.2 Å². The number of carbonyl (C=O) groups excluding carboxylic acids is 1. The minimum Gasteiger partial charge on any atom is -0.378 e. The van der Waals surface area contributed by atoms with Gasteiger partial charge in [0.25, 0.3) is 5.91 Å². The monoisotopic (exact) mass is 312 g/mol. The summed E-state index contributed by atoms with van der Waals surface area (Å²) >= 11 is 0. The molecule has 1 aromatic carbocycles. The number of benzene rings is 1. The molecule has 0 radical (unpaired) electrons. The van der Waals surface area contributed by atoms with Crippen molar-refractivity contribution in [1.29, 1.82) is 0 Å². The van der Waals surface area contributed by atoms with Gasteiger partial charge in [0.1, 0.15) is 5.69 Å². The van der Waals surface area contributed by atoms with Crippen molar-refractivity contribution >= 4 is 11.6 Å². The van der Waals surface area contributed by atoms with Crippen LogP contribution in [0.5, 0.6) is 0 Å².